The Hall–Kier alpha value is -2.44. The van der Waals surface area contributed by atoms with Gasteiger partial charge in [-0.25, -0.2) is 4.98 Å². The fraction of sp³-hybridized carbons (Fsp3) is 0.143. The Morgan fingerprint density at radius 2 is 1.95 bits per heavy atom. The number of halogens is 1. The zero-order chi connectivity index (χ0) is 14.7. The summed E-state index contributed by atoms with van der Waals surface area (Å²) in [5.74, 6) is -0.143. The van der Waals surface area contributed by atoms with Crippen LogP contribution in [0.4, 0.5) is 0 Å². The van der Waals surface area contributed by atoms with E-state index < -0.39 is 6.04 Å². The molecule has 98 valence electrons. The van der Waals surface area contributed by atoms with Gasteiger partial charge in [0.15, 0.2) is 17.2 Å². The number of carbonyl (C=O) groups excluding carboxylic acids is 1. The first-order chi connectivity index (χ1) is 9.58. The van der Waals surface area contributed by atoms with Crippen LogP contribution in [-0.2, 0) is 0 Å². The zero-order valence-corrected chi connectivity index (χ0v) is 12.1. The minimum absolute atomic E-state index is 0.0305. The number of aromatic nitrogens is 2. The third kappa shape index (κ3) is 2.47. The molecule has 1 aromatic carbocycles. The Morgan fingerprint density at radius 3 is 2.50 bits per heavy atom. The maximum Gasteiger partial charge on any atom is 0.185 e. The molecule has 2 aromatic rings. The molecule has 0 spiro atoms. The summed E-state index contributed by atoms with van der Waals surface area (Å²) < 4.78 is 2.30. The molecule has 1 unspecified atom stereocenters. The topological polar surface area (TPSA) is 82.5 Å². The third-order valence-corrected chi connectivity index (χ3v) is 3.46. The van der Waals surface area contributed by atoms with Gasteiger partial charge < -0.3 is 4.57 Å². The van der Waals surface area contributed by atoms with E-state index in [4.69, 9.17) is 10.5 Å². The van der Waals surface area contributed by atoms with E-state index in [9.17, 15) is 4.79 Å². The van der Waals surface area contributed by atoms with Crippen molar-refractivity contribution in [3.05, 3.63) is 52.0 Å². The summed E-state index contributed by atoms with van der Waals surface area (Å²) in [5, 5.41) is 17.9. The SMILES string of the molecule is CC(C(=O)c1ccc(Br)cc1)n1cnc(C#N)c1C#N. The molecule has 5 nitrogen and oxygen atoms in total. The highest BCUT2D eigenvalue weighted by molar-refractivity contribution is 9.10. The Morgan fingerprint density at radius 1 is 1.30 bits per heavy atom. The van der Waals surface area contributed by atoms with Crippen molar-refractivity contribution >= 4 is 21.7 Å². The standard InChI is InChI=1S/C14H9BrN4O/c1-9(14(20)10-2-4-11(15)5-3-10)19-8-18-12(6-16)13(19)7-17/h2-5,8-9H,1H3. The molecular weight excluding hydrogens is 320 g/mol. The third-order valence-electron chi connectivity index (χ3n) is 2.93. The predicted molar refractivity (Wildman–Crippen MR) is 74.8 cm³/mol. The molecule has 0 aliphatic heterocycles. The van der Waals surface area contributed by atoms with Crippen molar-refractivity contribution in [3.8, 4) is 12.1 Å². The van der Waals surface area contributed by atoms with E-state index in [1.807, 2.05) is 12.1 Å². The lowest BCUT2D eigenvalue weighted by Gasteiger charge is -2.13. The fourth-order valence-electron chi connectivity index (χ4n) is 1.83. The van der Waals surface area contributed by atoms with E-state index in [2.05, 4.69) is 20.9 Å². The number of ketones is 1. The lowest BCUT2D eigenvalue weighted by Crippen LogP contribution is -2.17. The first kappa shape index (κ1) is 14.0. The molecule has 0 aliphatic carbocycles. The molecule has 0 saturated carbocycles. The minimum atomic E-state index is -0.597. The lowest BCUT2D eigenvalue weighted by atomic mass is 10.1. The summed E-state index contributed by atoms with van der Waals surface area (Å²) in [7, 11) is 0. The first-order valence-electron chi connectivity index (χ1n) is 5.75. The molecule has 6 heteroatoms. The van der Waals surface area contributed by atoms with Gasteiger partial charge in [-0.2, -0.15) is 10.5 Å². The van der Waals surface area contributed by atoms with E-state index in [0.29, 0.717) is 5.56 Å². The van der Waals surface area contributed by atoms with Crippen LogP contribution in [0, 0.1) is 22.7 Å². The summed E-state index contributed by atoms with van der Waals surface area (Å²) in [6.07, 6.45) is 1.35. The Labute approximate surface area is 124 Å². The molecule has 1 aromatic heterocycles. The summed E-state index contributed by atoms with van der Waals surface area (Å²) in [6, 6.07) is 10.1. The van der Waals surface area contributed by atoms with Crippen LogP contribution in [0.3, 0.4) is 0 Å². The van der Waals surface area contributed by atoms with Crippen molar-refractivity contribution in [1.82, 2.24) is 9.55 Å². The number of hydrogen-bond donors (Lipinski definition) is 0. The number of nitriles is 2. The molecule has 2 rings (SSSR count). The minimum Gasteiger partial charge on any atom is -0.310 e. The molecule has 0 amide bonds. The quantitative estimate of drug-likeness (QED) is 0.811. The highest BCUT2D eigenvalue weighted by atomic mass is 79.9. The maximum atomic E-state index is 12.4. The molecule has 0 fully saturated rings. The van der Waals surface area contributed by atoms with Crippen LogP contribution in [0.25, 0.3) is 0 Å². The van der Waals surface area contributed by atoms with Gasteiger partial charge in [0, 0.05) is 10.0 Å². The van der Waals surface area contributed by atoms with Crippen molar-refractivity contribution in [3.63, 3.8) is 0 Å². The molecule has 1 atom stereocenters. The van der Waals surface area contributed by atoms with Gasteiger partial charge in [-0.1, -0.05) is 28.1 Å². The number of nitrogens with zero attached hydrogens (tertiary/aromatic N) is 4. The second-order valence-corrected chi connectivity index (χ2v) is 5.04. The smallest absolute Gasteiger partial charge is 0.185 e. The first-order valence-corrected chi connectivity index (χ1v) is 6.54. The number of benzene rings is 1. The van der Waals surface area contributed by atoms with Crippen LogP contribution in [0.5, 0.6) is 0 Å². The molecule has 0 radical (unpaired) electrons. The van der Waals surface area contributed by atoms with Gasteiger partial charge in [0.25, 0.3) is 0 Å². The van der Waals surface area contributed by atoms with Gasteiger partial charge in [0.1, 0.15) is 12.1 Å². The highest BCUT2D eigenvalue weighted by Gasteiger charge is 2.21. The van der Waals surface area contributed by atoms with Crippen LogP contribution in [0.2, 0.25) is 0 Å². The van der Waals surface area contributed by atoms with Gasteiger partial charge in [-0.15, -0.1) is 0 Å². The molecule has 0 N–H and O–H groups in total. The van der Waals surface area contributed by atoms with Crippen molar-refractivity contribution in [2.75, 3.05) is 0 Å². The molecule has 0 saturated heterocycles. The second-order valence-electron chi connectivity index (χ2n) is 4.12. The Balaban J connectivity index is 2.37. The van der Waals surface area contributed by atoms with E-state index in [1.165, 1.54) is 10.9 Å². The number of Topliss-reactive ketones (excluding diaryl/α,β-unsaturated/α-hetero) is 1. The van der Waals surface area contributed by atoms with Gasteiger partial charge in [0.2, 0.25) is 0 Å². The summed E-state index contributed by atoms with van der Waals surface area (Å²) in [6.45, 7) is 1.67. The monoisotopic (exact) mass is 328 g/mol. The van der Waals surface area contributed by atoms with Crippen LogP contribution >= 0.6 is 15.9 Å². The highest BCUT2D eigenvalue weighted by Crippen LogP contribution is 2.19. The van der Waals surface area contributed by atoms with Gasteiger partial charge in [0.05, 0.1) is 12.4 Å². The maximum absolute atomic E-state index is 12.4. The van der Waals surface area contributed by atoms with Crippen LogP contribution in [0.1, 0.15) is 34.7 Å². The average molecular weight is 329 g/mol. The van der Waals surface area contributed by atoms with Crippen LogP contribution < -0.4 is 0 Å². The molecule has 1 heterocycles. The second kappa shape index (κ2) is 5.68. The van der Waals surface area contributed by atoms with Gasteiger partial charge in [-0.05, 0) is 19.1 Å². The number of carbonyl (C=O) groups is 1. The van der Waals surface area contributed by atoms with Crippen LogP contribution in [0.15, 0.2) is 35.1 Å². The molecule has 0 aliphatic rings. The van der Waals surface area contributed by atoms with E-state index >= 15 is 0 Å². The number of imidazole rings is 1. The Kier molecular flexibility index (Phi) is 3.97. The van der Waals surface area contributed by atoms with Crippen LogP contribution in [-0.4, -0.2) is 15.3 Å². The van der Waals surface area contributed by atoms with Crippen molar-refractivity contribution in [2.24, 2.45) is 0 Å². The number of rotatable bonds is 3. The Bertz CT molecular complexity index is 734. The average Bonchev–Trinajstić information content (AvgIpc) is 2.89. The summed E-state index contributed by atoms with van der Waals surface area (Å²) >= 11 is 3.31. The molecular formula is C14H9BrN4O. The summed E-state index contributed by atoms with van der Waals surface area (Å²) in [5.41, 5.74) is 0.671. The zero-order valence-electron chi connectivity index (χ0n) is 10.5. The van der Waals surface area contributed by atoms with E-state index in [0.717, 1.165) is 4.47 Å². The molecule has 0 bridgehead atoms. The lowest BCUT2D eigenvalue weighted by molar-refractivity contribution is 0.0934. The molecule has 20 heavy (non-hydrogen) atoms. The van der Waals surface area contributed by atoms with Gasteiger partial charge in [-0.3, -0.25) is 4.79 Å². The number of hydrogen-bond acceptors (Lipinski definition) is 4. The van der Waals surface area contributed by atoms with Gasteiger partial charge >= 0.3 is 0 Å². The largest absolute Gasteiger partial charge is 0.310 e. The van der Waals surface area contributed by atoms with E-state index in [1.54, 1.807) is 31.2 Å². The van der Waals surface area contributed by atoms with Crippen molar-refractivity contribution in [1.29, 1.82) is 10.5 Å². The summed E-state index contributed by atoms with van der Waals surface area (Å²) in [4.78, 5) is 16.2. The normalized spacial score (nSPS) is 11.4. The van der Waals surface area contributed by atoms with E-state index in [-0.39, 0.29) is 17.2 Å². The predicted octanol–water partition coefficient (Wildman–Crippen LogP) is 2.83. The van der Waals surface area contributed by atoms with Crippen molar-refractivity contribution < 1.29 is 4.79 Å². The fourth-order valence-corrected chi connectivity index (χ4v) is 2.09. The van der Waals surface area contributed by atoms with Crippen molar-refractivity contribution in [2.45, 2.75) is 13.0 Å².